The Morgan fingerprint density at radius 2 is 1.60 bits per heavy atom. The number of esters is 1. The highest BCUT2D eigenvalue weighted by Gasteiger charge is 2.16. The number of benzene rings is 3. The smallest absolute Gasteiger partial charge is 0.305 e. The van der Waals surface area contributed by atoms with Gasteiger partial charge in [0, 0.05) is 38.2 Å². The Kier molecular flexibility index (Phi) is 12.3. The van der Waals surface area contributed by atoms with E-state index in [1.54, 1.807) is 17.0 Å². The number of carbonyl (C=O) groups excluding carboxylic acids is 3. The van der Waals surface area contributed by atoms with Gasteiger partial charge in [-0.3, -0.25) is 14.4 Å². The van der Waals surface area contributed by atoms with E-state index in [0.29, 0.717) is 43.6 Å². The predicted octanol–water partition coefficient (Wildman–Crippen LogP) is 5.62. The molecule has 228 valence electrons. The summed E-state index contributed by atoms with van der Waals surface area (Å²) >= 11 is 0. The van der Waals surface area contributed by atoms with E-state index in [9.17, 15) is 18.8 Å². The van der Waals surface area contributed by atoms with Crippen molar-refractivity contribution in [2.24, 2.45) is 0 Å². The predicted molar refractivity (Wildman–Crippen MR) is 166 cm³/mol. The topological polar surface area (TPSA) is 79.0 Å². The summed E-state index contributed by atoms with van der Waals surface area (Å²) in [6.07, 6.45) is 5.12. The molecule has 1 saturated heterocycles. The number of nitrogens with one attached hydrogen (secondary N) is 1. The molecular formula is C35H42FN3O4. The number of hydrogen-bond donors (Lipinski definition) is 1. The van der Waals surface area contributed by atoms with Crippen LogP contribution in [0.4, 0.5) is 4.39 Å². The van der Waals surface area contributed by atoms with Crippen LogP contribution in [0.15, 0.2) is 72.8 Å². The lowest BCUT2D eigenvalue weighted by Crippen LogP contribution is -2.33. The van der Waals surface area contributed by atoms with E-state index >= 15 is 0 Å². The van der Waals surface area contributed by atoms with Crippen LogP contribution in [0.3, 0.4) is 0 Å². The van der Waals surface area contributed by atoms with Crippen LogP contribution in [-0.2, 0) is 27.3 Å². The fraction of sp³-hybridized carbons (Fsp3) is 0.400. The number of likely N-dealkylation sites (tertiary alicyclic amines) is 1. The van der Waals surface area contributed by atoms with Gasteiger partial charge in [0.25, 0.3) is 5.91 Å². The van der Waals surface area contributed by atoms with E-state index in [4.69, 9.17) is 4.74 Å². The summed E-state index contributed by atoms with van der Waals surface area (Å²) in [6.45, 7) is 4.62. The van der Waals surface area contributed by atoms with Crippen LogP contribution in [-0.4, -0.2) is 67.4 Å². The molecule has 0 aliphatic carbocycles. The molecule has 1 fully saturated rings. The van der Waals surface area contributed by atoms with Crippen LogP contribution in [0.25, 0.3) is 11.1 Å². The molecular weight excluding hydrogens is 545 g/mol. The lowest BCUT2D eigenvalue weighted by molar-refractivity contribution is -0.140. The van der Waals surface area contributed by atoms with E-state index in [1.165, 1.54) is 32.1 Å². The number of methoxy groups -OCH3 is 1. The van der Waals surface area contributed by atoms with Gasteiger partial charge in [-0.2, -0.15) is 0 Å². The van der Waals surface area contributed by atoms with Crippen LogP contribution >= 0.6 is 0 Å². The average Bonchev–Trinajstić information content (AvgIpc) is 3.54. The Bertz CT molecular complexity index is 1370. The summed E-state index contributed by atoms with van der Waals surface area (Å²) in [5.74, 6) is -0.774. The van der Waals surface area contributed by atoms with Gasteiger partial charge in [-0.15, -0.1) is 0 Å². The molecule has 0 spiro atoms. The van der Waals surface area contributed by atoms with Crippen molar-refractivity contribution in [3.8, 4) is 11.1 Å². The lowest BCUT2D eigenvalue weighted by atomic mass is 10.0. The molecule has 1 heterocycles. The molecule has 0 bridgehead atoms. The van der Waals surface area contributed by atoms with Gasteiger partial charge >= 0.3 is 5.97 Å². The summed E-state index contributed by atoms with van der Waals surface area (Å²) < 4.78 is 18.5. The number of unbranched alkanes of at least 4 members (excludes halogenated alkanes) is 2. The number of nitrogens with zero attached hydrogens (tertiary/aromatic N) is 2. The van der Waals surface area contributed by atoms with Crippen molar-refractivity contribution < 1.29 is 23.5 Å². The molecule has 0 saturated carbocycles. The highest BCUT2D eigenvalue weighted by molar-refractivity contribution is 5.95. The highest BCUT2D eigenvalue weighted by Crippen LogP contribution is 2.23. The van der Waals surface area contributed by atoms with Crippen LogP contribution in [0.5, 0.6) is 0 Å². The monoisotopic (exact) mass is 587 g/mol. The minimum absolute atomic E-state index is 0.0847. The Hall–Kier alpha value is -4.04. The zero-order valence-electron chi connectivity index (χ0n) is 25.0. The Morgan fingerprint density at radius 3 is 2.37 bits per heavy atom. The third-order valence-electron chi connectivity index (χ3n) is 7.80. The first-order chi connectivity index (χ1) is 20.9. The van der Waals surface area contributed by atoms with Gasteiger partial charge in [0.2, 0.25) is 5.91 Å². The van der Waals surface area contributed by atoms with E-state index in [0.717, 1.165) is 49.2 Å². The first-order valence-electron chi connectivity index (χ1n) is 15.2. The normalized spacial score (nSPS) is 13.1. The molecule has 8 heteroatoms. The summed E-state index contributed by atoms with van der Waals surface area (Å²) in [6, 6.07) is 21.7. The molecule has 0 aromatic heterocycles. The van der Waals surface area contributed by atoms with Crippen LogP contribution in [0.2, 0.25) is 0 Å². The molecule has 4 rings (SSSR count). The molecule has 3 aromatic rings. The zero-order valence-corrected chi connectivity index (χ0v) is 25.0. The molecule has 1 aliphatic rings. The van der Waals surface area contributed by atoms with Crippen molar-refractivity contribution in [1.82, 2.24) is 15.1 Å². The Balaban J connectivity index is 1.41. The molecule has 7 nitrogen and oxygen atoms in total. The lowest BCUT2D eigenvalue weighted by Gasteiger charge is -2.23. The van der Waals surface area contributed by atoms with Crippen LogP contribution in [0.1, 0.15) is 60.0 Å². The van der Waals surface area contributed by atoms with Gasteiger partial charge in [-0.05, 0) is 91.4 Å². The van der Waals surface area contributed by atoms with Gasteiger partial charge in [0.15, 0.2) is 0 Å². The summed E-state index contributed by atoms with van der Waals surface area (Å²) in [4.78, 5) is 41.8. The van der Waals surface area contributed by atoms with E-state index in [1.807, 2.05) is 48.5 Å². The van der Waals surface area contributed by atoms with Gasteiger partial charge in [-0.25, -0.2) is 4.39 Å². The molecule has 0 unspecified atom stereocenters. The fourth-order valence-corrected chi connectivity index (χ4v) is 5.42. The third kappa shape index (κ3) is 10.3. The molecule has 43 heavy (non-hydrogen) atoms. The second-order valence-electron chi connectivity index (χ2n) is 11.1. The Labute approximate surface area is 254 Å². The minimum Gasteiger partial charge on any atom is -0.469 e. The van der Waals surface area contributed by atoms with Crippen molar-refractivity contribution in [2.75, 3.05) is 39.8 Å². The summed E-state index contributed by atoms with van der Waals surface area (Å²) in [5, 5.41) is 3.04. The number of hydrogen-bond acceptors (Lipinski definition) is 5. The summed E-state index contributed by atoms with van der Waals surface area (Å²) in [5.41, 5.74) is 4.09. The van der Waals surface area contributed by atoms with E-state index < -0.39 is 0 Å². The molecule has 3 aromatic carbocycles. The Morgan fingerprint density at radius 1 is 0.884 bits per heavy atom. The number of carbonyl (C=O) groups is 3. The number of amides is 2. The number of rotatable bonds is 15. The maximum Gasteiger partial charge on any atom is 0.305 e. The highest BCUT2D eigenvalue weighted by atomic mass is 19.1. The average molecular weight is 588 g/mol. The van der Waals surface area contributed by atoms with Crippen molar-refractivity contribution in [2.45, 2.75) is 51.5 Å². The quantitative estimate of drug-likeness (QED) is 0.184. The van der Waals surface area contributed by atoms with Crippen LogP contribution in [0, 0.1) is 5.82 Å². The maximum atomic E-state index is 13.8. The van der Waals surface area contributed by atoms with E-state index in [2.05, 4.69) is 10.2 Å². The molecule has 2 amide bonds. The van der Waals surface area contributed by atoms with Crippen LogP contribution < -0.4 is 5.32 Å². The van der Waals surface area contributed by atoms with Gasteiger partial charge in [-0.1, -0.05) is 48.9 Å². The minimum atomic E-state index is -0.366. The van der Waals surface area contributed by atoms with Gasteiger partial charge < -0.3 is 19.9 Å². The first-order valence-corrected chi connectivity index (χ1v) is 15.2. The molecule has 0 radical (unpaired) electrons. The molecule has 1 N–H and O–H groups in total. The van der Waals surface area contributed by atoms with Gasteiger partial charge in [0.1, 0.15) is 5.82 Å². The first kappa shape index (κ1) is 31.9. The zero-order chi connectivity index (χ0) is 30.4. The van der Waals surface area contributed by atoms with E-state index in [-0.39, 0.29) is 30.0 Å². The third-order valence-corrected chi connectivity index (χ3v) is 7.80. The largest absolute Gasteiger partial charge is 0.469 e. The second kappa shape index (κ2) is 16.6. The number of ether oxygens (including phenoxy) is 1. The SMILES string of the molecule is COC(=O)CCCCCN(Cc1cccc(-c2cccc(C(=O)NCCN3CCCC3)c2)c1)C(=O)Cc1cccc(F)c1. The van der Waals surface area contributed by atoms with Crippen molar-refractivity contribution >= 4 is 17.8 Å². The van der Waals surface area contributed by atoms with Crippen molar-refractivity contribution in [3.05, 3.63) is 95.3 Å². The molecule has 1 aliphatic heterocycles. The fourth-order valence-electron chi connectivity index (χ4n) is 5.42. The van der Waals surface area contributed by atoms with Crippen molar-refractivity contribution in [3.63, 3.8) is 0 Å². The maximum absolute atomic E-state index is 13.8. The standard InChI is InChI=1S/C35H42FN3O4/c1-43-34(41)16-3-2-4-20-39(33(40)24-27-10-8-15-32(36)23-27)26-28-11-7-12-29(22-28)30-13-9-14-31(25-30)35(42)37-17-21-38-18-5-6-19-38/h7-15,22-23,25H,2-6,16-21,24,26H2,1H3,(H,37,42). The molecule has 0 atom stereocenters. The van der Waals surface area contributed by atoms with Crippen molar-refractivity contribution in [1.29, 1.82) is 0 Å². The van der Waals surface area contributed by atoms with Gasteiger partial charge in [0.05, 0.1) is 13.5 Å². The second-order valence-corrected chi connectivity index (χ2v) is 11.1. The number of halogens is 1. The summed E-state index contributed by atoms with van der Waals surface area (Å²) in [7, 11) is 1.38.